The van der Waals surface area contributed by atoms with Gasteiger partial charge in [-0.05, 0) is 25.7 Å². The molecule has 280 valence electrons. The molecule has 2 nitrogen and oxygen atoms in total. The van der Waals surface area contributed by atoms with Gasteiger partial charge in [-0.25, -0.2) is 0 Å². The van der Waals surface area contributed by atoms with Crippen LogP contribution in [0.3, 0.4) is 0 Å². The molecule has 47 heavy (non-hydrogen) atoms. The summed E-state index contributed by atoms with van der Waals surface area (Å²) in [6.45, 7) is 9.49. The minimum atomic E-state index is 0.638. The largest absolute Gasteiger partial charge is 0.356 e. The van der Waals surface area contributed by atoms with E-state index in [2.05, 4.69) is 43.0 Å². The van der Waals surface area contributed by atoms with Crippen molar-refractivity contribution in [2.45, 2.75) is 265 Å². The van der Waals surface area contributed by atoms with Gasteiger partial charge in [0, 0.05) is 25.5 Å². The second-order valence-electron chi connectivity index (χ2n) is 15.7. The molecule has 0 bridgehead atoms. The summed E-state index contributed by atoms with van der Waals surface area (Å²) in [5.74, 6) is 0. The fourth-order valence-electron chi connectivity index (χ4n) is 7.78. The van der Waals surface area contributed by atoms with Crippen LogP contribution in [0.1, 0.15) is 258 Å². The highest BCUT2D eigenvalue weighted by Crippen LogP contribution is 2.24. The standard InChI is InChI=1S/C45H90N2/c1-4-7-10-13-16-19-22-23-24-25-28-31-34-37-40-45-46(41-38-35-32-29-26-20-17-14-11-8-5-2)43-44-47(45)42-39-36-33-30-27-21-18-15-12-9-6-3/h43-45H,4-42H2,1-3H3. The molecule has 0 fully saturated rings. The van der Waals surface area contributed by atoms with Crippen LogP contribution in [0, 0.1) is 0 Å². The van der Waals surface area contributed by atoms with Crippen molar-refractivity contribution in [3.05, 3.63) is 12.4 Å². The van der Waals surface area contributed by atoms with Gasteiger partial charge in [0.2, 0.25) is 0 Å². The van der Waals surface area contributed by atoms with Gasteiger partial charge in [-0.15, -0.1) is 0 Å². The number of nitrogens with zero attached hydrogens (tertiary/aromatic N) is 2. The number of hydrogen-bond donors (Lipinski definition) is 0. The highest BCUT2D eigenvalue weighted by Gasteiger charge is 2.24. The molecule has 0 aromatic heterocycles. The van der Waals surface area contributed by atoms with E-state index >= 15 is 0 Å². The predicted octanol–water partition coefficient (Wildman–Crippen LogP) is 15.9. The minimum absolute atomic E-state index is 0.638. The molecule has 1 aliphatic rings. The number of unbranched alkanes of at least 4 members (excludes halogenated alkanes) is 33. The molecule has 0 amide bonds. The van der Waals surface area contributed by atoms with Gasteiger partial charge in [0.1, 0.15) is 6.17 Å². The Hall–Kier alpha value is -0.660. The summed E-state index contributed by atoms with van der Waals surface area (Å²) in [5.41, 5.74) is 0. The van der Waals surface area contributed by atoms with E-state index in [0.717, 1.165) is 0 Å². The third-order valence-electron chi connectivity index (χ3n) is 11.1. The molecule has 0 aromatic carbocycles. The lowest BCUT2D eigenvalue weighted by atomic mass is 10.0. The molecule has 1 aliphatic heterocycles. The van der Waals surface area contributed by atoms with Gasteiger partial charge in [-0.3, -0.25) is 0 Å². The molecule has 0 saturated heterocycles. The van der Waals surface area contributed by atoms with Gasteiger partial charge in [-0.2, -0.15) is 0 Å². The summed E-state index contributed by atoms with van der Waals surface area (Å²) in [5, 5.41) is 0. The van der Waals surface area contributed by atoms with E-state index in [9.17, 15) is 0 Å². The molecule has 0 aliphatic carbocycles. The average molecular weight is 659 g/mol. The molecule has 0 atom stereocenters. The summed E-state index contributed by atoms with van der Waals surface area (Å²) in [4.78, 5) is 5.46. The lowest BCUT2D eigenvalue weighted by Gasteiger charge is -2.33. The van der Waals surface area contributed by atoms with Gasteiger partial charge in [-0.1, -0.05) is 233 Å². The van der Waals surface area contributed by atoms with Crippen molar-refractivity contribution < 1.29 is 0 Å². The molecule has 1 heterocycles. The molecule has 0 saturated carbocycles. The van der Waals surface area contributed by atoms with Gasteiger partial charge in [0.25, 0.3) is 0 Å². The molecule has 0 radical (unpaired) electrons. The second kappa shape index (κ2) is 36.6. The van der Waals surface area contributed by atoms with Gasteiger partial charge >= 0.3 is 0 Å². The van der Waals surface area contributed by atoms with E-state index in [-0.39, 0.29) is 0 Å². The number of hydrogen-bond acceptors (Lipinski definition) is 2. The summed E-state index contributed by atoms with van der Waals surface area (Å²) in [6.07, 6.45) is 58.9. The zero-order chi connectivity index (χ0) is 33.7. The van der Waals surface area contributed by atoms with Gasteiger partial charge < -0.3 is 9.80 Å². The van der Waals surface area contributed by atoms with Crippen molar-refractivity contribution in [1.82, 2.24) is 9.80 Å². The third-order valence-corrected chi connectivity index (χ3v) is 11.1. The Labute approximate surface area is 299 Å². The van der Waals surface area contributed by atoms with Crippen LogP contribution >= 0.6 is 0 Å². The van der Waals surface area contributed by atoms with Crippen molar-refractivity contribution in [1.29, 1.82) is 0 Å². The maximum absolute atomic E-state index is 2.73. The Morgan fingerprint density at radius 3 is 0.745 bits per heavy atom. The Morgan fingerprint density at radius 2 is 0.489 bits per heavy atom. The van der Waals surface area contributed by atoms with Crippen LogP contribution in [0.5, 0.6) is 0 Å². The summed E-state index contributed by atoms with van der Waals surface area (Å²) in [6, 6.07) is 0. The summed E-state index contributed by atoms with van der Waals surface area (Å²) >= 11 is 0. The van der Waals surface area contributed by atoms with Gasteiger partial charge in [0.05, 0.1) is 0 Å². The van der Waals surface area contributed by atoms with Crippen LogP contribution in [0.4, 0.5) is 0 Å². The first-order valence-corrected chi connectivity index (χ1v) is 22.5. The Kier molecular flexibility index (Phi) is 34.6. The molecule has 2 heteroatoms. The molecule has 1 rings (SSSR count). The molecular formula is C45H90N2. The van der Waals surface area contributed by atoms with Crippen LogP contribution < -0.4 is 0 Å². The SMILES string of the molecule is CCCCCCCCCCCCCCCCC1N(CCCCCCCCCCCCC)C=CN1CCCCCCCCCCCCC. The first-order chi connectivity index (χ1) is 23.3. The van der Waals surface area contributed by atoms with Crippen molar-refractivity contribution >= 4 is 0 Å². The predicted molar refractivity (Wildman–Crippen MR) is 214 cm³/mol. The lowest BCUT2D eigenvalue weighted by molar-refractivity contribution is 0.135. The average Bonchev–Trinajstić information content (AvgIpc) is 3.47. The third kappa shape index (κ3) is 28.8. The molecule has 0 unspecified atom stereocenters. The molecule has 0 spiro atoms. The zero-order valence-electron chi connectivity index (χ0n) is 33.2. The Balaban J connectivity index is 2.21. The van der Waals surface area contributed by atoms with Crippen LogP contribution in [0.15, 0.2) is 12.4 Å². The van der Waals surface area contributed by atoms with Crippen LogP contribution in [0.25, 0.3) is 0 Å². The van der Waals surface area contributed by atoms with Crippen molar-refractivity contribution in [3.63, 3.8) is 0 Å². The first kappa shape index (κ1) is 44.4. The normalized spacial score (nSPS) is 13.5. The Morgan fingerprint density at radius 1 is 0.277 bits per heavy atom. The first-order valence-electron chi connectivity index (χ1n) is 22.5. The summed E-state index contributed by atoms with van der Waals surface area (Å²) < 4.78 is 0. The molecular weight excluding hydrogens is 569 g/mol. The maximum Gasteiger partial charge on any atom is 0.101 e. The second-order valence-corrected chi connectivity index (χ2v) is 15.7. The minimum Gasteiger partial charge on any atom is -0.356 e. The van der Waals surface area contributed by atoms with Crippen molar-refractivity contribution in [2.75, 3.05) is 13.1 Å². The van der Waals surface area contributed by atoms with E-state index in [1.165, 1.54) is 251 Å². The van der Waals surface area contributed by atoms with E-state index in [4.69, 9.17) is 0 Å². The fraction of sp³-hybridized carbons (Fsp3) is 0.956. The highest BCUT2D eigenvalue weighted by molar-refractivity contribution is 4.97. The number of rotatable bonds is 39. The fourth-order valence-corrected chi connectivity index (χ4v) is 7.78. The Bertz CT molecular complexity index is 579. The van der Waals surface area contributed by atoms with Gasteiger partial charge in [0.15, 0.2) is 0 Å². The summed E-state index contributed by atoms with van der Waals surface area (Å²) in [7, 11) is 0. The van der Waals surface area contributed by atoms with E-state index < -0.39 is 0 Å². The van der Waals surface area contributed by atoms with Crippen molar-refractivity contribution in [3.8, 4) is 0 Å². The van der Waals surface area contributed by atoms with Crippen LogP contribution in [-0.4, -0.2) is 29.1 Å². The highest BCUT2D eigenvalue weighted by atomic mass is 15.4. The lowest BCUT2D eigenvalue weighted by Crippen LogP contribution is -2.39. The van der Waals surface area contributed by atoms with E-state index in [1.807, 2.05) is 0 Å². The van der Waals surface area contributed by atoms with E-state index in [1.54, 1.807) is 0 Å². The van der Waals surface area contributed by atoms with Crippen LogP contribution in [0.2, 0.25) is 0 Å². The quantitative estimate of drug-likeness (QED) is 0.0606. The van der Waals surface area contributed by atoms with Crippen LogP contribution in [-0.2, 0) is 0 Å². The zero-order valence-corrected chi connectivity index (χ0v) is 33.2. The van der Waals surface area contributed by atoms with E-state index in [0.29, 0.717) is 6.17 Å². The van der Waals surface area contributed by atoms with Crippen molar-refractivity contribution in [2.24, 2.45) is 0 Å². The topological polar surface area (TPSA) is 6.48 Å². The maximum atomic E-state index is 2.73. The monoisotopic (exact) mass is 659 g/mol. The smallest absolute Gasteiger partial charge is 0.101 e. The molecule has 0 N–H and O–H groups in total. The molecule has 0 aromatic rings.